The van der Waals surface area contributed by atoms with Crippen LogP contribution in [0.1, 0.15) is 11.3 Å². The van der Waals surface area contributed by atoms with Gasteiger partial charge >= 0.3 is 0 Å². The highest BCUT2D eigenvalue weighted by molar-refractivity contribution is 5.65. The van der Waals surface area contributed by atoms with Crippen LogP contribution in [0.3, 0.4) is 0 Å². The van der Waals surface area contributed by atoms with Crippen LogP contribution < -0.4 is 15.5 Å². The molecule has 1 aromatic carbocycles. The quantitative estimate of drug-likeness (QED) is 0.734. The molecule has 3 aromatic rings. The molecular formula is C21H17FN4. The second-order valence-corrected chi connectivity index (χ2v) is 6.06. The third-order valence-corrected chi connectivity index (χ3v) is 4.24. The van der Waals surface area contributed by atoms with Crippen LogP contribution in [-0.2, 0) is 0 Å². The van der Waals surface area contributed by atoms with Crippen molar-refractivity contribution in [1.29, 1.82) is 0 Å². The molecule has 1 aliphatic rings. The molecule has 26 heavy (non-hydrogen) atoms. The maximum Gasteiger partial charge on any atom is 0.145 e. The average Bonchev–Trinajstić information content (AvgIpc) is 2.67. The second-order valence-electron chi connectivity index (χ2n) is 6.06. The fourth-order valence-electron chi connectivity index (χ4n) is 2.91. The molecule has 0 spiro atoms. The zero-order chi connectivity index (χ0) is 17.9. The Morgan fingerprint density at radius 1 is 1.12 bits per heavy atom. The van der Waals surface area contributed by atoms with Crippen LogP contribution in [0.5, 0.6) is 0 Å². The van der Waals surface area contributed by atoms with E-state index in [2.05, 4.69) is 9.97 Å². The fourth-order valence-corrected chi connectivity index (χ4v) is 2.91. The summed E-state index contributed by atoms with van der Waals surface area (Å²) in [5, 5.41) is 1.51. The van der Waals surface area contributed by atoms with Gasteiger partial charge in [0, 0.05) is 23.8 Å². The Morgan fingerprint density at radius 3 is 2.85 bits per heavy atom. The predicted molar refractivity (Wildman–Crippen MR) is 100 cm³/mol. The minimum absolute atomic E-state index is 0.266. The zero-order valence-corrected chi connectivity index (χ0v) is 14.2. The topological polar surface area (TPSA) is 41.4 Å². The van der Waals surface area contributed by atoms with E-state index in [1.54, 1.807) is 24.7 Å². The molecule has 0 amide bonds. The molecule has 0 radical (unpaired) electrons. The van der Waals surface area contributed by atoms with Crippen LogP contribution in [0, 0.1) is 12.7 Å². The van der Waals surface area contributed by atoms with E-state index in [-0.39, 0.29) is 12.0 Å². The summed E-state index contributed by atoms with van der Waals surface area (Å²) in [5.74, 6) is -0.277. The van der Waals surface area contributed by atoms with Gasteiger partial charge in [-0.25, -0.2) is 4.39 Å². The number of benzene rings is 1. The van der Waals surface area contributed by atoms with Gasteiger partial charge < -0.3 is 4.90 Å². The van der Waals surface area contributed by atoms with Gasteiger partial charge in [-0.3, -0.25) is 15.0 Å². The number of nitrogens with zero attached hydrogens (tertiary/aromatic N) is 4. The van der Waals surface area contributed by atoms with E-state index in [4.69, 9.17) is 4.99 Å². The first-order chi connectivity index (χ1) is 12.7. The Labute approximate surface area is 150 Å². The fraction of sp³-hybridized carbons (Fsp3) is 0.0952. The molecule has 128 valence electrons. The molecule has 4 nitrogen and oxygen atoms in total. The Kier molecular flexibility index (Phi) is 4.27. The lowest BCUT2D eigenvalue weighted by Crippen LogP contribution is -2.41. The Bertz CT molecular complexity index is 1080. The molecule has 2 aromatic heterocycles. The summed E-state index contributed by atoms with van der Waals surface area (Å²) in [6.07, 6.45) is 10.9. The lowest BCUT2D eigenvalue weighted by molar-refractivity contribution is 0.624. The van der Waals surface area contributed by atoms with Crippen molar-refractivity contribution in [1.82, 2.24) is 9.97 Å². The molecule has 0 N–H and O–H groups in total. The Morgan fingerprint density at radius 2 is 2.04 bits per heavy atom. The summed E-state index contributed by atoms with van der Waals surface area (Å²) in [4.78, 5) is 15.3. The first kappa shape index (κ1) is 16.1. The number of halogens is 1. The molecule has 3 heterocycles. The van der Waals surface area contributed by atoms with Gasteiger partial charge in [0.25, 0.3) is 0 Å². The molecule has 0 bridgehead atoms. The van der Waals surface area contributed by atoms with Crippen molar-refractivity contribution >= 4 is 18.0 Å². The largest absolute Gasteiger partial charge is 0.320 e. The van der Waals surface area contributed by atoms with Crippen LogP contribution in [0.25, 0.3) is 12.3 Å². The SMILES string of the molecule is Cc1ccncc1N1C=c2cc(F)ccc2=NC1C=Cc1ccccn1. The van der Waals surface area contributed by atoms with Gasteiger partial charge in [-0.15, -0.1) is 0 Å². The number of hydrogen-bond acceptors (Lipinski definition) is 4. The minimum Gasteiger partial charge on any atom is -0.320 e. The molecule has 5 heteroatoms. The Hall–Kier alpha value is -3.34. The van der Waals surface area contributed by atoms with E-state index in [1.165, 1.54) is 12.1 Å². The van der Waals surface area contributed by atoms with Gasteiger partial charge in [0.1, 0.15) is 12.0 Å². The van der Waals surface area contributed by atoms with Crippen LogP contribution in [0.2, 0.25) is 0 Å². The number of hydrogen-bond donors (Lipinski definition) is 0. The summed E-state index contributed by atoms with van der Waals surface area (Å²) >= 11 is 0. The van der Waals surface area contributed by atoms with Crippen molar-refractivity contribution in [3.63, 3.8) is 0 Å². The zero-order valence-electron chi connectivity index (χ0n) is 14.2. The van der Waals surface area contributed by atoms with Crippen molar-refractivity contribution in [2.75, 3.05) is 4.90 Å². The highest BCUT2D eigenvalue weighted by Crippen LogP contribution is 2.23. The van der Waals surface area contributed by atoms with Crippen molar-refractivity contribution in [2.45, 2.75) is 13.1 Å². The maximum atomic E-state index is 13.7. The first-order valence-corrected chi connectivity index (χ1v) is 8.34. The summed E-state index contributed by atoms with van der Waals surface area (Å²) < 4.78 is 13.7. The van der Waals surface area contributed by atoms with E-state index < -0.39 is 0 Å². The number of fused-ring (bicyclic) bond motifs is 1. The monoisotopic (exact) mass is 344 g/mol. The minimum atomic E-state index is -0.277. The van der Waals surface area contributed by atoms with Crippen molar-refractivity contribution in [2.24, 2.45) is 4.99 Å². The first-order valence-electron chi connectivity index (χ1n) is 8.34. The summed E-state index contributed by atoms with van der Waals surface area (Å²) in [6.45, 7) is 2.02. The van der Waals surface area contributed by atoms with Crippen molar-refractivity contribution in [3.8, 4) is 0 Å². The third-order valence-electron chi connectivity index (χ3n) is 4.24. The standard InChI is InChI=1S/C21H17FN4/c1-15-9-11-23-13-20(15)26-14-16-12-17(22)5-7-19(16)25-21(26)8-6-18-4-2-3-10-24-18/h2-14,21H,1H3. The van der Waals surface area contributed by atoms with E-state index >= 15 is 0 Å². The van der Waals surface area contributed by atoms with Crippen LogP contribution in [0.15, 0.2) is 72.1 Å². The molecule has 1 aliphatic heterocycles. The molecular weight excluding hydrogens is 327 g/mol. The number of anilines is 1. The highest BCUT2D eigenvalue weighted by Gasteiger charge is 2.18. The van der Waals surface area contributed by atoms with Gasteiger partial charge in [-0.05, 0) is 61.0 Å². The lowest BCUT2D eigenvalue weighted by atomic mass is 10.1. The summed E-state index contributed by atoms with van der Waals surface area (Å²) in [7, 11) is 0. The van der Waals surface area contributed by atoms with Crippen molar-refractivity contribution in [3.05, 3.63) is 94.8 Å². The van der Waals surface area contributed by atoms with Gasteiger partial charge in [-0.2, -0.15) is 0 Å². The van der Waals surface area contributed by atoms with Gasteiger partial charge in [0.2, 0.25) is 0 Å². The molecule has 0 saturated heterocycles. The van der Waals surface area contributed by atoms with Crippen LogP contribution in [0.4, 0.5) is 10.1 Å². The van der Waals surface area contributed by atoms with Crippen LogP contribution in [-0.4, -0.2) is 16.1 Å². The van der Waals surface area contributed by atoms with Crippen molar-refractivity contribution < 1.29 is 4.39 Å². The number of rotatable bonds is 3. The number of aryl methyl sites for hydroxylation is 1. The van der Waals surface area contributed by atoms with E-state index in [1.807, 2.05) is 54.4 Å². The molecule has 0 saturated carbocycles. The lowest BCUT2D eigenvalue weighted by Gasteiger charge is -2.29. The highest BCUT2D eigenvalue weighted by atomic mass is 19.1. The summed E-state index contributed by atoms with van der Waals surface area (Å²) in [5.41, 5.74) is 2.86. The van der Waals surface area contributed by atoms with E-state index in [9.17, 15) is 4.39 Å². The normalized spacial score (nSPS) is 16.1. The Balaban J connectivity index is 1.82. The number of aromatic nitrogens is 2. The second kappa shape index (κ2) is 6.88. The maximum absolute atomic E-state index is 13.7. The van der Waals surface area contributed by atoms with Gasteiger partial charge in [0.05, 0.1) is 22.9 Å². The molecule has 1 unspecified atom stereocenters. The third kappa shape index (κ3) is 3.24. The average molecular weight is 344 g/mol. The molecule has 1 atom stereocenters. The molecule has 4 rings (SSSR count). The van der Waals surface area contributed by atoms with Crippen LogP contribution >= 0.6 is 0 Å². The molecule has 0 aliphatic carbocycles. The smallest absolute Gasteiger partial charge is 0.145 e. The van der Waals surface area contributed by atoms with Gasteiger partial charge in [0.15, 0.2) is 0 Å². The van der Waals surface area contributed by atoms with Gasteiger partial charge in [-0.1, -0.05) is 6.07 Å². The molecule has 0 fully saturated rings. The summed E-state index contributed by atoms with van der Waals surface area (Å²) in [6, 6.07) is 12.3. The van der Waals surface area contributed by atoms with E-state index in [0.717, 1.165) is 27.5 Å². The number of pyridine rings is 2. The predicted octanol–water partition coefficient (Wildman–Crippen LogP) is 2.84. The van der Waals surface area contributed by atoms with E-state index in [0.29, 0.717) is 0 Å².